The Bertz CT molecular complexity index is 186. The molecule has 0 aromatic heterocycles. The Hall–Kier alpha value is -1.02. The van der Waals surface area contributed by atoms with Crippen LogP contribution in [0.25, 0.3) is 0 Å². The summed E-state index contributed by atoms with van der Waals surface area (Å²) in [6.07, 6.45) is 0. The summed E-state index contributed by atoms with van der Waals surface area (Å²) >= 11 is 0. The number of hydrogen-bond acceptors (Lipinski definition) is 2. The highest BCUT2D eigenvalue weighted by Crippen LogP contribution is 2.02. The Kier molecular flexibility index (Phi) is 3.48. The van der Waals surface area contributed by atoms with Gasteiger partial charge in [0.15, 0.2) is 0 Å². The summed E-state index contributed by atoms with van der Waals surface area (Å²) in [6.45, 7) is 1.58. The molecule has 0 fully saturated rings. The molecule has 0 aliphatic heterocycles. The van der Waals surface area contributed by atoms with E-state index >= 15 is 0 Å². The molecule has 0 bridgehead atoms. The molecule has 1 N–H and O–H groups in total. The highest BCUT2D eigenvalue weighted by Gasteiger charge is 1.86. The van der Waals surface area contributed by atoms with Crippen LogP contribution in [0.2, 0.25) is 0 Å². The van der Waals surface area contributed by atoms with Crippen molar-refractivity contribution in [1.82, 2.24) is 0 Å². The van der Waals surface area contributed by atoms with E-state index in [1.165, 1.54) is 0 Å². The van der Waals surface area contributed by atoms with Crippen LogP contribution in [0.15, 0.2) is 24.3 Å². The van der Waals surface area contributed by atoms with Crippen molar-refractivity contribution in [2.24, 2.45) is 0 Å². The number of anilines is 1. The molecule has 1 rings (SSSR count). The summed E-state index contributed by atoms with van der Waals surface area (Å²) in [5.41, 5.74) is 1.11. The Morgan fingerprint density at radius 2 is 2.18 bits per heavy atom. The molecule has 0 spiro atoms. The maximum Gasteiger partial charge on any atom is 0.0635 e. The molecule has 1 radical (unpaired) electrons. The van der Waals surface area contributed by atoms with Crippen LogP contribution in [0.1, 0.15) is 0 Å². The van der Waals surface area contributed by atoms with E-state index in [1.54, 1.807) is 7.11 Å². The van der Waals surface area contributed by atoms with Gasteiger partial charge in [-0.1, -0.05) is 12.1 Å². The van der Waals surface area contributed by atoms with Gasteiger partial charge in [-0.15, -0.1) is 0 Å². The summed E-state index contributed by atoms with van der Waals surface area (Å²) in [6, 6.07) is 10.7. The monoisotopic (exact) mass is 150 g/mol. The average molecular weight is 150 g/mol. The fraction of sp³-hybridized carbons (Fsp3) is 0.333. The number of methoxy groups -OCH3 is 1. The van der Waals surface area contributed by atoms with Gasteiger partial charge in [-0.05, 0) is 18.2 Å². The van der Waals surface area contributed by atoms with Crippen molar-refractivity contribution in [3.63, 3.8) is 0 Å². The molecule has 11 heavy (non-hydrogen) atoms. The SMILES string of the molecule is COCCNc1cc[c]cc1. The predicted octanol–water partition coefficient (Wildman–Crippen LogP) is 1.55. The third kappa shape index (κ3) is 3.05. The van der Waals surface area contributed by atoms with Gasteiger partial charge in [-0.2, -0.15) is 0 Å². The standard InChI is InChI=1S/C9H12NO/c1-11-8-7-10-9-5-3-2-4-6-9/h3-6,10H,7-8H2,1H3. The molecule has 0 aliphatic carbocycles. The van der Waals surface area contributed by atoms with Crippen LogP contribution in [0.5, 0.6) is 0 Å². The van der Waals surface area contributed by atoms with Crippen molar-refractivity contribution in [1.29, 1.82) is 0 Å². The summed E-state index contributed by atoms with van der Waals surface area (Å²) in [5, 5.41) is 3.20. The molecule has 0 heterocycles. The van der Waals surface area contributed by atoms with Crippen LogP contribution < -0.4 is 5.32 Å². The predicted molar refractivity (Wildman–Crippen MR) is 45.6 cm³/mol. The molecule has 2 nitrogen and oxygen atoms in total. The van der Waals surface area contributed by atoms with Gasteiger partial charge in [-0.3, -0.25) is 0 Å². The van der Waals surface area contributed by atoms with E-state index in [4.69, 9.17) is 4.74 Å². The first-order valence-electron chi connectivity index (χ1n) is 3.62. The summed E-state index contributed by atoms with van der Waals surface area (Å²) in [5.74, 6) is 0. The minimum Gasteiger partial charge on any atom is -0.383 e. The summed E-state index contributed by atoms with van der Waals surface area (Å²) in [7, 11) is 1.69. The van der Waals surface area contributed by atoms with Gasteiger partial charge < -0.3 is 10.1 Å². The minimum atomic E-state index is 0.735. The first-order valence-corrected chi connectivity index (χ1v) is 3.62. The number of rotatable bonds is 4. The molecule has 1 aromatic rings. The first kappa shape index (κ1) is 8.08. The summed E-state index contributed by atoms with van der Waals surface area (Å²) in [4.78, 5) is 0. The first-order chi connectivity index (χ1) is 5.43. The third-order valence-electron chi connectivity index (χ3n) is 1.35. The van der Waals surface area contributed by atoms with E-state index in [9.17, 15) is 0 Å². The molecular weight excluding hydrogens is 138 g/mol. The molecule has 1 aromatic carbocycles. The Morgan fingerprint density at radius 3 is 2.82 bits per heavy atom. The second-order valence-corrected chi connectivity index (χ2v) is 2.21. The van der Waals surface area contributed by atoms with Gasteiger partial charge in [0.25, 0.3) is 0 Å². The van der Waals surface area contributed by atoms with Gasteiger partial charge in [-0.25, -0.2) is 0 Å². The van der Waals surface area contributed by atoms with Gasteiger partial charge >= 0.3 is 0 Å². The largest absolute Gasteiger partial charge is 0.383 e. The van der Waals surface area contributed by atoms with E-state index in [0.717, 1.165) is 18.8 Å². The summed E-state index contributed by atoms with van der Waals surface area (Å²) < 4.78 is 4.89. The normalized spacial score (nSPS) is 9.55. The van der Waals surface area contributed by atoms with E-state index in [1.807, 2.05) is 24.3 Å². The van der Waals surface area contributed by atoms with E-state index in [2.05, 4.69) is 11.4 Å². The molecule has 0 amide bonds. The lowest BCUT2D eigenvalue weighted by Crippen LogP contribution is -2.06. The lowest BCUT2D eigenvalue weighted by molar-refractivity contribution is 0.211. The maximum atomic E-state index is 4.89. The Morgan fingerprint density at radius 1 is 1.45 bits per heavy atom. The van der Waals surface area contributed by atoms with Crippen molar-refractivity contribution < 1.29 is 4.74 Å². The van der Waals surface area contributed by atoms with Crippen molar-refractivity contribution >= 4 is 5.69 Å². The highest BCUT2D eigenvalue weighted by molar-refractivity contribution is 5.41. The Balaban J connectivity index is 2.28. The van der Waals surface area contributed by atoms with Crippen molar-refractivity contribution in [3.05, 3.63) is 30.3 Å². The highest BCUT2D eigenvalue weighted by atomic mass is 16.5. The van der Waals surface area contributed by atoms with Crippen LogP contribution in [-0.2, 0) is 4.74 Å². The van der Waals surface area contributed by atoms with Gasteiger partial charge in [0.2, 0.25) is 0 Å². The molecule has 0 atom stereocenters. The minimum absolute atomic E-state index is 0.735. The maximum absolute atomic E-state index is 4.89. The van der Waals surface area contributed by atoms with Crippen molar-refractivity contribution in [2.45, 2.75) is 0 Å². The van der Waals surface area contributed by atoms with Crippen molar-refractivity contribution in [3.8, 4) is 0 Å². The smallest absolute Gasteiger partial charge is 0.0635 e. The second-order valence-electron chi connectivity index (χ2n) is 2.21. The molecular formula is C9H12NO. The van der Waals surface area contributed by atoms with Crippen LogP contribution in [0, 0.1) is 6.07 Å². The molecule has 2 heteroatoms. The van der Waals surface area contributed by atoms with E-state index < -0.39 is 0 Å². The molecule has 59 valence electrons. The van der Waals surface area contributed by atoms with E-state index in [-0.39, 0.29) is 0 Å². The zero-order chi connectivity index (χ0) is 7.94. The number of hydrogen-bond donors (Lipinski definition) is 1. The van der Waals surface area contributed by atoms with Gasteiger partial charge in [0.1, 0.15) is 0 Å². The third-order valence-corrected chi connectivity index (χ3v) is 1.35. The van der Waals surface area contributed by atoms with Gasteiger partial charge in [0.05, 0.1) is 6.61 Å². The Labute approximate surface area is 67.2 Å². The molecule has 0 saturated carbocycles. The number of benzene rings is 1. The molecule has 0 aliphatic rings. The second kappa shape index (κ2) is 4.74. The molecule has 0 saturated heterocycles. The van der Waals surface area contributed by atoms with Gasteiger partial charge in [0, 0.05) is 19.3 Å². The van der Waals surface area contributed by atoms with E-state index in [0.29, 0.717) is 0 Å². The van der Waals surface area contributed by atoms with Crippen LogP contribution in [0.3, 0.4) is 0 Å². The van der Waals surface area contributed by atoms with Crippen LogP contribution in [-0.4, -0.2) is 20.3 Å². The zero-order valence-corrected chi connectivity index (χ0v) is 6.63. The fourth-order valence-electron chi connectivity index (χ4n) is 0.802. The zero-order valence-electron chi connectivity index (χ0n) is 6.63. The lowest BCUT2D eigenvalue weighted by Gasteiger charge is -2.03. The molecule has 0 unspecified atom stereocenters. The number of nitrogens with one attached hydrogen (secondary N) is 1. The topological polar surface area (TPSA) is 21.3 Å². The lowest BCUT2D eigenvalue weighted by atomic mass is 10.3. The average Bonchev–Trinajstić information content (AvgIpc) is 2.07. The fourth-order valence-corrected chi connectivity index (χ4v) is 0.802. The van der Waals surface area contributed by atoms with Crippen LogP contribution >= 0.6 is 0 Å². The quantitative estimate of drug-likeness (QED) is 0.657. The number of ether oxygens (including phenoxy) is 1. The van der Waals surface area contributed by atoms with Crippen molar-refractivity contribution in [2.75, 3.05) is 25.6 Å². The van der Waals surface area contributed by atoms with Crippen LogP contribution in [0.4, 0.5) is 5.69 Å².